The monoisotopic (exact) mass is 390 g/mol. The summed E-state index contributed by atoms with van der Waals surface area (Å²) >= 11 is 0. The fourth-order valence-corrected chi connectivity index (χ4v) is 3.38. The summed E-state index contributed by atoms with van der Waals surface area (Å²) in [4.78, 5) is 27.6. The van der Waals surface area contributed by atoms with E-state index in [2.05, 4.69) is 15.4 Å². The quantitative estimate of drug-likeness (QED) is 0.558. The van der Waals surface area contributed by atoms with Crippen molar-refractivity contribution in [1.29, 1.82) is 0 Å². The Balaban J connectivity index is 1.58. The van der Waals surface area contributed by atoms with Gasteiger partial charge in [-0.2, -0.15) is 5.10 Å². The zero-order valence-corrected chi connectivity index (χ0v) is 15.9. The molecule has 0 saturated carbocycles. The highest BCUT2D eigenvalue weighted by molar-refractivity contribution is 5.96. The van der Waals surface area contributed by atoms with Gasteiger partial charge in [-0.15, -0.1) is 0 Å². The lowest BCUT2D eigenvalue weighted by Crippen LogP contribution is -2.29. The summed E-state index contributed by atoms with van der Waals surface area (Å²) < 4.78 is 14.9. The number of aromatic amines is 1. The highest BCUT2D eigenvalue weighted by atomic mass is 19.1. The number of hydrogen-bond acceptors (Lipinski definition) is 3. The lowest BCUT2D eigenvalue weighted by atomic mass is 10.1. The van der Waals surface area contributed by atoms with Crippen LogP contribution in [0.2, 0.25) is 0 Å². The second-order valence-electron chi connectivity index (χ2n) is 6.87. The Morgan fingerprint density at radius 2 is 1.90 bits per heavy atom. The van der Waals surface area contributed by atoms with Crippen molar-refractivity contribution in [3.8, 4) is 5.69 Å². The fraction of sp³-hybridized carbons (Fsp3) is 0.136. The molecule has 0 spiro atoms. The molecule has 146 valence electrons. The SMILES string of the molecule is Cc1c([C@H](C)NC(=O)c2cc3ccccc3c(=O)[nH]2)cnn1-c1ccc(F)cc1. The number of carbonyl (C=O) groups is 1. The van der Waals surface area contributed by atoms with Crippen LogP contribution in [0.3, 0.4) is 0 Å². The van der Waals surface area contributed by atoms with Crippen LogP contribution in [0.4, 0.5) is 4.39 Å². The molecule has 2 aromatic carbocycles. The van der Waals surface area contributed by atoms with Crippen molar-refractivity contribution in [3.05, 3.63) is 93.9 Å². The van der Waals surface area contributed by atoms with Crippen LogP contribution < -0.4 is 10.9 Å². The minimum absolute atomic E-state index is 0.198. The first-order valence-corrected chi connectivity index (χ1v) is 9.17. The van der Waals surface area contributed by atoms with E-state index >= 15 is 0 Å². The third-order valence-electron chi connectivity index (χ3n) is 4.93. The van der Waals surface area contributed by atoms with Crippen molar-refractivity contribution >= 4 is 16.7 Å². The van der Waals surface area contributed by atoms with Crippen molar-refractivity contribution in [3.63, 3.8) is 0 Å². The largest absolute Gasteiger partial charge is 0.344 e. The second-order valence-corrected chi connectivity index (χ2v) is 6.87. The number of nitrogens with zero attached hydrogens (tertiary/aromatic N) is 2. The molecule has 0 bridgehead atoms. The molecule has 6 nitrogen and oxygen atoms in total. The zero-order valence-electron chi connectivity index (χ0n) is 15.9. The molecule has 29 heavy (non-hydrogen) atoms. The molecule has 2 N–H and O–H groups in total. The second kappa shape index (κ2) is 7.35. The van der Waals surface area contributed by atoms with Crippen LogP contribution in [0.25, 0.3) is 16.5 Å². The molecule has 2 heterocycles. The number of benzene rings is 2. The predicted octanol–water partition coefficient (Wildman–Crippen LogP) is 3.65. The average Bonchev–Trinajstić information content (AvgIpc) is 3.10. The number of fused-ring (bicyclic) bond motifs is 1. The lowest BCUT2D eigenvalue weighted by Gasteiger charge is -2.14. The van der Waals surface area contributed by atoms with Crippen LogP contribution >= 0.6 is 0 Å². The summed E-state index contributed by atoms with van der Waals surface area (Å²) in [6.45, 7) is 3.72. The third kappa shape index (κ3) is 3.54. The number of hydrogen-bond donors (Lipinski definition) is 2. The van der Waals surface area contributed by atoms with E-state index in [0.29, 0.717) is 10.8 Å². The Hall–Kier alpha value is -3.74. The number of H-pyrrole nitrogens is 1. The molecule has 4 rings (SSSR count). The average molecular weight is 390 g/mol. The third-order valence-corrected chi connectivity index (χ3v) is 4.93. The minimum atomic E-state index is -0.380. The van der Waals surface area contributed by atoms with Gasteiger partial charge >= 0.3 is 0 Å². The molecular weight excluding hydrogens is 371 g/mol. The maximum Gasteiger partial charge on any atom is 0.268 e. The van der Waals surface area contributed by atoms with Gasteiger partial charge in [0.1, 0.15) is 11.5 Å². The number of pyridine rings is 1. The molecule has 0 saturated heterocycles. The van der Waals surface area contributed by atoms with Gasteiger partial charge < -0.3 is 10.3 Å². The van der Waals surface area contributed by atoms with Gasteiger partial charge in [-0.25, -0.2) is 9.07 Å². The Morgan fingerprint density at radius 3 is 2.66 bits per heavy atom. The van der Waals surface area contributed by atoms with Gasteiger partial charge in [0.25, 0.3) is 11.5 Å². The van der Waals surface area contributed by atoms with Crippen LogP contribution in [-0.4, -0.2) is 20.7 Å². The van der Waals surface area contributed by atoms with Crippen molar-refractivity contribution in [2.45, 2.75) is 19.9 Å². The van der Waals surface area contributed by atoms with Gasteiger partial charge in [0.15, 0.2) is 0 Å². The zero-order chi connectivity index (χ0) is 20.5. The Kier molecular flexibility index (Phi) is 4.72. The highest BCUT2D eigenvalue weighted by Gasteiger charge is 2.18. The molecule has 2 aromatic heterocycles. The highest BCUT2D eigenvalue weighted by Crippen LogP contribution is 2.21. The van der Waals surface area contributed by atoms with Gasteiger partial charge in [0.2, 0.25) is 0 Å². The van der Waals surface area contributed by atoms with Crippen LogP contribution in [0.1, 0.15) is 34.7 Å². The number of amides is 1. The molecule has 7 heteroatoms. The molecule has 0 aliphatic carbocycles. The number of carbonyl (C=O) groups excluding carboxylic acids is 1. The molecule has 1 atom stereocenters. The smallest absolute Gasteiger partial charge is 0.268 e. The van der Waals surface area contributed by atoms with Crippen molar-refractivity contribution in [2.24, 2.45) is 0 Å². The Labute approximate surface area is 166 Å². The normalized spacial score (nSPS) is 12.1. The predicted molar refractivity (Wildman–Crippen MR) is 109 cm³/mol. The maximum atomic E-state index is 13.2. The van der Waals surface area contributed by atoms with Crippen molar-refractivity contribution < 1.29 is 9.18 Å². The molecule has 4 aromatic rings. The lowest BCUT2D eigenvalue weighted by molar-refractivity contribution is 0.0934. The summed E-state index contributed by atoms with van der Waals surface area (Å²) in [5, 5.41) is 8.49. The molecule has 0 aliphatic rings. The summed E-state index contributed by atoms with van der Waals surface area (Å²) in [5.74, 6) is -0.696. The summed E-state index contributed by atoms with van der Waals surface area (Å²) in [6, 6.07) is 14.5. The molecule has 1 amide bonds. The van der Waals surface area contributed by atoms with Gasteiger partial charge in [0.05, 0.1) is 17.9 Å². The molecule has 0 aliphatic heterocycles. The van der Waals surface area contributed by atoms with Crippen molar-refractivity contribution in [2.75, 3.05) is 0 Å². The first kappa shape index (κ1) is 18.6. The minimum Gasteiger partial charge on any atom is -0.344 e. The van der Waals surface area contributed by atoms with E-state index in [9.17, 15) is 14.0 Å². The van der Waals surface area contributed by atoms with E-state index in [1.807, 2.05) is 19.9 Å². The number of aromatic nitrogens is 3. The van der Waals surface area contributed by atoms with Crippen molar-refractivity contribution in [1.82, 2.24) is 20.1 Å². The van der Waals surface area contributed by atoms with Gasteiger partial charge in [-0.05, 0) is 55.6 Å². The van der Waals surface area contributed by atoms with E-state index < -0.39 is 0 Å². The number of halogens is 1. The van der Waals surface area contributed by atoms with Crippen LogP contribution in [0, 0.1) is 12.7 Å². The summed E-state index contributed by atoms with van der Waals surface area (Å²) in [6.07, 6.45) is 1.67. The molecule has 0 unspecified atom stereocenters. The van der Waals surface area contributed by atoms with Crippen LogP contribution in [-0.2, 0) is 0 Å². The maximum absolute atomic E-state index is 13.2. The van der Waals surface area contributed by atoms with Gasteiger partial charge in [-0.3, -0.25) is 9.59 Å². The first-order valence-electron chi connectivity index (χ1n) is 9.17. The number of nitrogens with one attached hydrogen (secondary N) is 2. The van der Waals surface area contributed by atoms with Gasteiger partial charge in [0, 0.05) is 16.6 Å². The fourth-order valence-electron chi connectivity index (χ4n) is 3.38. The van der Waals surface area contributed by atoms with E-state index in [1.165, 1.54) is 12.1 Å². The van der Waals surface area contributed by atoms with Crippen LogP contribution in [0.15, 0.2) is 65.6 Å². The van der Waals surface area contributed by atoms with E-state index in [0.717, 1.165) is 16.9 Å². The standard InChI is InChI=1S/C22H19FN4O2/c1-13(19-12-24-27(14(19)2)17-9-7-16(23)8-10-17)25-22(29)20-11-15-5-3-4-6-18(15)21(28)26-20/h3-13H,1-2H3,(H,25,29)(H,26,28)/t13-/m0/s1. The topological polar surface area (TPSA) is 79.8 Å². The van der Waals surface area contributed by atoms with Crippen LogP contribution in [0.5, 0.6) is 0 Å². The molecular formula is C22H19FN4O2. The van der Waals surface area contributed by atoms with Gasteiger partial charge in [-0.1, -0.05) is 18.2 Å². The van der Waals surface area contributed by atoms with E-state index in [4.69, 9.17) is 0 Å². The number of rotatable bonds is 4. The Bertz CT molecular complexity index is 1260. The van der Waals surface area contributed by atoms with E-state index in [1.54, 1.807) is 47.3 Å². The first-order chi connectivity index (χ1) is 13.9. The summed E-state index contributed by atoms with van der Waals surface area (Å²) in [7, 11) is 0. The summed E-state index contributed by atoms with van der Waals surface area (Å²) in [5.41, 5.74) is 2.28. The molecule has 0 fully saturated rings. The van der Waals surface area contributed by atoms with E-state index in [-0.39, 0.29) is 29.0 Å². The Morgan fingerprint density at radius 1 is 1.17 bits per heavy atom. The molecule has 0 radical (unpaired) electrons.